The molecule has 140 valence electrons. The topological polar surface area (TPSA) is 86.3 Å². The number of carboxylic acid groups (broad SMARTS) is 1. The van der Waals surface area contributed by atoms with Gasteiger partial charge in [-0.25, -0.2) is 0 Å². The Kier molecular flexibility index (Phi) is 7.31. The van der Waals surface area contributed by atoms with Gasteiger partial charge in [0.1, 0.15) is 0 Å². The Hall–Kier alpha value is -3.41. The van der Waals surface area contributed by atoms with Crippen molar-refractivity contribution < 1.29 is 14.7 Å². The molecule has 0 saturated heterocycles. The number of hydrogen-bond acceptors (Lipinski definition) is 3. The normalized spacial score (nSPS) is 10.4. The Morgan fingerprint density at radius 2 is 1.74 bits per heavy atom. The van der Waals surface area contributed by atoms with Crippen molar-refractivity contribution >= 4 is 34.5 Å². The monoisotopic (exact) mass is 365 g/mol. The third-order valence-corrected chi connectivity index (χ3v) is 3.77. The van der Waals surface area contributed by atoms with E-state index in [0.29, 0.717) is 11.4 Å². The third-order valence-electron chi connectivity index (χ3n) is 3.77. The number of benzene rings is 2. The van der Waals surface area contributed by atoms with Crippen LogP contribution in [0.5, 0.6) is 0 Å². The number of carbonyl (C=O) groups excluding carboxylic acids is 1. The van der Waals surface area contributed by atoms with Crippen molar-refractivity contribution in [1.82, 2.24) is 10.2 Å². The van der Waals surface area contributed by atoms with Crippen LogP contribution < -0.4 is 4.90 Å². The molecule has 0 saturated carbocycles. The van der Waals surface area contributed by atoms with Crippen LogP contribution >= 0.6 is 0 Å². The highest BCUT2D eigenvalue weighted by Crippen LogP contribution is 2.18. The van der Waals surface area contributed by atoms with Crippen molar-refractivity contribution in [3.8, 4) is 0 Å². The first-order valence-electron chi connectivity index (χ1n) is 8.84. The average Bonchev–Trinajstić information content (AvgIpc) is 3.12. The smallest absolute Gasteiger partial charge is 0.305 e. The minimum absolute atomic E-state index is 0.101. The van der Waals surface area contributed by atoms with Crippen molar-refractivity contribution in [2.45, 2.75) is 20.3 Å². The summed E-state index contributed by atoms with van der Waals surface area (Å²) in [7, 11) is 0. The number of nitrogens with one attached hydrogen (secondary N) is 1. The summed E-state index contributed by atoms with van der Waals surface area (Å²) in [6, 6.07) is 16.6. The Labute approximate surface area is 158 Å². The number of amides is 1. The van der Waals surface area contributed by atoms with Crippen molar-refractivity contribution in [3.63, 3.8) is 0 Å². The van der Waals surface area contributed by atoms with E-state index >= 15 is 0 Å². The number of aromatic nitrogens is 2. The molecule has 2 N–H and O–H groups in total. The van der Waals surface area contributed by atoms with Gasteiger partial charge in [-0.05, 0) is 24.3 Å². The molecule has 27 heavy (non-hydrogen) atoms. The van der Waals surface area contributed by atoms with Crippen LogP contribution in [-0.4, -0.2) is 33.7 Å². The second kappa shape index (κ2) is 9.91. The lowest BCUT2D eigenvalue weighted by Crippen LogP contribution is -2.31. The SMILES string of the molecule is CC.O=C(O)CCN(C(=O)/C=C/c1n[nH]c2ccccc12)c1ccccc1. The minimum Gasteiger partial charge on any atom is -0.481 e. The molecule has 6 heteroatoms. The molecule has 0 aliphatic rings. The predicted octanol–water partition coefficient (Wildman–Crippen LogP) is 4.11. The van der Waals surface area contributed by atoms with Gasteiger partial charge in [0, 0.05) is 23.7 Å². The van der Waals surface area contributed by atoms with Gasteiger partial charge in [0.05, 0.1) is 17.6 Å². The van der Waals surface area contributed by atoms with E-state index in [1.807, 2.05) is 44.2 Å². The van der Waals surface area contributed by atoms with Gasteiger partial charge in [0.25, 0.3) is 5.91 Å². The van der Waals surface area contributed by atoms with Gasteiger partial charge in [-0.3, -0.25) is 14.7 Å². The van der Waals surface area contributed by atoms with Crippen LogP contribution in [0, 0.1) is 0 Å². The zero-order valence-corrected chi connectivity index (χ0v) is 15.4. The van der Waals surface area contributed by atoms with Gasteiger partial charge in [0.2, 0.25) is 0 Å². The van der Waals surface area contributed by atoms with E-state index in [2.05, 4.69) is 10.2 Å². The molecule has 3 aromatic rings. The second-order valence-corrected chi connectivity index (χ2v) is 5.46. The van der Waals surface area contributed by atoms with Crippen LogP contribution in [-0.2, 0) is 9.59 Å². The lowest BCUT2D eigenvalue weighted by atomic mass is 10.2. The molecule has 0 aliphatic heterocycles. The molecule has 0 bridgehead atoms. The maximum Gasteiger partial charge on any atom is 0.305 e. The van der Waals surface area contributed by atoms with E-state index in [-0.39, 0.29) is 18.9 Å². The first-order chi connectivity index (χ1) is 13.1. The number of carbonyl (C=O) groups is 2. The zero-order chi connectivity index (χ0) is 19.6. The first-order valence-corrected chi connectivity index (χ1v) is 8.84. The summed E-state index contributed by atoms with van der Waals surface area (Å²) in [6.45, 7) is 4.10. The number of aliphatic carboxylic acids is 1. The van der Waals surface area contributed by atoms with Crippen molar-refractivity contribution in [3.05, 3.63) is 66.4 Å². The van der Waals surface area contributed by atoms with E-state index in [1.54, 1.807) is 30.3 Å². The predicted molar refractivity (Wildman–Crippen MR) is 108 cm³/mol. The Morgan fingerprint density at radius 1 is 1.07 bits per heavy atom. The summed E-state index contributed by atoms with van der Waals surface area (Å²) in [5, 5.41) is 16.9. The maximum atomic E-state index is 12.6. The Bertz CT molecular complexity index is 917. The summed E-state index contributed by atoms with van der Waals surface area (Å²) >= 11 is 0. The van der Waals surface area contributed by atoms with E-state index in [9.17, 15) is 9.59 Å². The van der Waals surface area contributed by atoms with Gasteiger partial charge in [0.15, 0.2) is 0 Å². The lowest BCUT2D eigenvalue weighted by molar-refractivity contribution is -0.136. The fourth-order valence-electron chi connectivity index (χ4n) is 2.53. The zero-order valence-electron chi connectivity index (χ0n) is 15.4. The Morgan fingerprint density at radius 3 is 2.44 bits per heavy atom. The summed E-state index contributed by atoms with van der Waals surface area (Å²) < 4.78 is 0. The van der Waals surface area contributed by atoms with Crippen LogP contribution in [0.3, 0.4) is 0 Å². The standard InChI is InChI=1S/C19H17N3O3.C2H6/c23-18(11-10-17-15-8-4-5-9-16(15)20-21-17)22(13-12-19(24)25)14-6-2-1-3-7-14;1-2/h1-11H,12-13H2,(H,20,21)(H,24,25);1-2H3/b11-10+;. The molecule has 0 aliphatic carbocycles. The van der Waals surface area contributed by atoms with Crippen molar-refractivity contribution in [2.24, 2.45) is 0 Å². The number of carboxylic acids is 1. The highest BCUT2D eigenvalue weighted by Gasteiger charge is 2.14. The van der Waals surface area contributed by atoms with E-state index in [1.165, 1.54) is 11.0 Å². The molecule has 0 spiro atoms. The largest absolute Gasteiger partial charge is 0.481 e. The lowest BCUT2D eigenvalue weighted by Gasteiger charge is -2.20. The van der Waals surface area contributed by atoms with Crippen LogP contribution in [0.2, 0.25) is 0 Å². The van der Waals surface area contributed by atoms with Gasteiger partial charge in [-0.1, -0.05) is 50.2 Å². The van der Waals surface area contributed by atoms with E-state index < -0.39 is 5.97 Å². The summed E-state index contributed by atoms with van der Waals surface area (Å²) in [4.78, 5) is 24.9. The van der Waals surface area contributed by atoms with Crippen LogP contribution in [0.25, 0.3) is 17.0 Å². The minimum atomic E-state index is -0.948. The molecule has 0 fully saturated rings. The van der Waals surface area contributed by atoms with Crippen LogP contribution in [0.4, 0.5) is 5.69 Å². The number of fused-ring (bicyclic) bond motifs is 1. The number of nitrogens with zero attached hydrogens (tertiary/aromatic N) is 2. The molecule has 0 unspecified atom stereocenters. The summed E-state index contributed by atoms with van der Waals surface area (Å²) in [5.74, 6) is -1.24. The quantitative estimate of drug-likeness (QED) is 0.644. The number of anilines is 1. The van der Waals surface area contributed by atoms with Crippen molar-refractivity contribution in [1.29, 1.82) is 0 Å². The molecule has 0 radical (unpaired) electrons. The van der Waals surface area contributed by atoms with Crippen LogP contribution in [0.15, 0.2) is 60.7 Å². The average molecular weight is 365 g/mol. The molecule has 1 amide bonds. The molecule has 0 atom stereocenters. The fourth-order valence-corrected chi connectivity index (χ4v) is 2.53. The van der Waals surface area contributed by atoms with Gasteiger partial charge < -0.3 is 10.0 Å². The van der Waals surface area contributed by atoms with E-state index in [4.69, 9.17) is 5.11 Å². The number of hydrogen-bond donors (Lipinski definition) is 2. The van der Waals surface area contributed by atoms with Gasteiger partial charge in [-0.15, -0.1) is 0 Å². The molecular formula is C21H23N3O3. The molecule has 6 nitrogen and oxygen atoms in total. The third kappa shape index (κ3) is 5.28. The maximum absolute atomic E-state index is 12.6. The number of rotatable bonds is 6. The number of para-hydroxylation sites is 2. The second-order valence-electron chi connectivity index (χ2n) is 5.46. The van der Waals surface area contributed by atoms with Crippen LogP contribution in [0.1, 0.15) is 26.0 Å². The molecule has 1 heterocycles. The molecule has 1 aromatic heterocycles. The highest BCUT2D eigenvalue weighted by atomic mass is 16.4. The molecule has 3 rings (SSSR count). The summed E-state index contributed by atoms with van der Waals surface area (Å²) in [5.41, 5.74) is 2.21. The van der Waals surface area contributed by atoms with Gasteiger partial charge >= 0.3 is 5.97 Å². The molecular weight excluding hydrogens is 342 g/mol. The highest BCUT2D eigenvalue weighted by molar-refractivity contribution is 6.05. The fraction of sp³-hybridized carbons (Fsp3) is 0.190. The first kappa shape index (κ1) is 19.9. The number of aromatic amines is 1. The summed E-state index contributed by atoms with van der Waals surface area (Å²) in [6.07, 6.45) is 2.93. The van der Waals surface area contributed by atoms with Crippen molar-refractivity contribution in [2.75, 3.05) is 11.4 Å². The van der Waals surface area contributed by atoms with E-state index in [0.717, 1.165) is 10.9 Å². The molecule has 2 aromatic carbocycles. The number of H-pyrrole nitrogens is 1. The Balaban J connectivity index is 0.00000126. The van der Waals surface area contributed by atoms with Gasteiger partial charge in [-0.2, -0.15) is 5.10 Å².